The summed E-state index contributed by atoms with van der Waals surface area (Å²) in [4.78, 5) is 7.01. The molecule has 5 heteroatoms. The van der Waals surface area contributed by atoms with Gasteiger partial charge in [0.15, 0.2) is 0 Å². The predicted molar refractivity (Wildman–Crippen MR) is 152 cm³/mol. The average molecular weight is 484 g/mol. The van der Waals surface area contributed by atoms with Crippen LogP contribution in [-0.4, -0.2) is 47.3 Å². The minimum atomic E-state index is -1.90. The van der Waals surface area contributed by atoms with Crippen LogP contribution in [0, 0.1) is 6.92 Å². The van der Waals surface area contributed by atoms with Crippen molar-refractivity contribution in [2.24, 2.45) is 4.99 Å². The second-order valence-corrected chi connectivity index (χ2v) is 15.7. The highest BCUT2D eigenvalue weighted by atomic mass is 28.3. The molecular formula is C30H37N3OSi. The van der Waals surface area contributed by atoms with Crippen LogP contribution in [0.3, 0.4) is 0 Å². The monoisotopic (exact) mass is 483 g/mol. The lowest BCUT2D eigenvalue weighted by Crippen LogP contribution is -2.59. The molecule has 0 amide bonds. The first kappa shape index (κ1) is 23.7. The van der Waals surface area contributed by atoms with Crippen LogP contribution in [0.1, 0.15) is 47.6 Å². The predicted octanol–water partition coefficient (Wildman–Crippen LogP) is 4.97. The molecule has 0 aromatic heterocycles. The van der Waals surface area contributed by atoms with Crippen molar-refractivity contribution in [1.29, 1.82) is 0 Å². The van der Waals surface area contributed by atoms with Crippen LogP contribution < -0.4 is 20.6 Å². The number of fused-ring (bicyclic) bond motifs is 2. The van der Waals surface area contributed by atoms with E-state index < -0.39 is 8.07 Å². The number of hydrogen-bond donors (Lipinski definition) is 1. The molecule has 35 heavy (non-hydrogen) atoms. The molecule has 0 saturated carbocycles. The molecule has 0 saturated heterocycles. The van der Waals surface area contributed by atoms with Gasteiger partial charge in [-0.2, -0.15) is 0 Å². The highest BCUT2D eigenvalue weighted by molar-refractivity contribution is 7.01. The topological polar surface area (TPSA) is 36.9 Å². The van der Waals surface area contributed by atoms with Gasteiger partial charge in [0.05, 0.1) is 5.54 Å². The molecule has 1 atom stereocenters. The highest BCUT2D eigenvalue weighted by Gasteiger charge is 2.40. The molecule has 0 spiro atoms. The molecule has 0 bridgehead atoms. The van der Waals surface area contributed by atoms with Crippen molar-refractivity contribution < 1.29 is 4.74 Å². The summed E-state index contributed by atoms with van der Waals surface area (Å²) in [5.41, 5.74) is 8.87. The van der Waals surface area contributed by atoms with Gasteiger partial charge in [0, 0.05) is 44.0 Å². The first-order chi connectivity index (χ1) is 16.5. The van der Waals surface area contributed by atoms with Crippen molar-refractivity contribution in [3.63, 3.8) is 0 Å². The van der Waals surface area contributed by atoms with Crippen LogP contribution >= 0.6 is 0 Å². The molecule has 5 rings (SSSR count). The Morgan fingerprint density at radius 1 is 0.943 bits per heavy atom. The van der Waals surface area contributed by atoms with Crippen LogP contribution in [0.15, 0.2) is 59.6 Å². The van der Waals surface area contributed by atoms with Crippen LogP contribution in [0.2, 0.25) is 13.1 Å². The lowest BCUT2D eigenvalue weighted by atomic mass is 9.82. The number of benzene rings is 3. The minimum absolute atomic E-state index is 0.158. The molecule has 0 aliphatic carbocycles. The fourth-order valence-electron chi connectivity index (χ4n) is 5.63. The van der Waals surface area contributed by atoms with Gasteiger partial charge in [-0.3, -0.25) is 0 Å². The van der Waals surface area contributed by atoms with Crippen LogP contribution in [0.25, 0.3) is 0 Å². The van der Waals surface area contributed by atoms with Crippen LogP contribution in [0.5, 0.6) is 0 Å². The van der Waals surface area contributed by atoms with Crippen molar-refractivity contribution in [2.75, 3.05) is 38.0 Å². The maximum Gasteiger partial charge on any atom is 0.216 e. The van der Waals surface area contributed by atoms with Gasteiger partial charge in [0.25, 0.3) is 0 Å². The quantitative estimate of drug-likeness (QED) is 0.532. The molecule has 4 nitrogen and oxygen atoms in total. The lowest BCUT2D eigenvalue weighted by Gasteiger charge is -2.40. The normalized spacial score (nSPS) is 19.3. The summed E-state index contributed by atoms with van der Waals surface area (Å²) in [6, 6.07) is 20.8. The zero-order valence-corrected chi connectivity index (χ0v) is 23.3. The lowest BCUT2D eigenvalue weighted by molar-refractivity contribution is 0.279. The standard InChI is InChI=1S/C30H37N3OSi/c1-19-15-20(29-32-30(2,3)18-34-29)9-12-23(19)28-24-13-10-21(31-4)16-26(24)35(7,8)27-17-22(33(5)6)11-14-25(27)28/h9-17,28,31H,18H2,1-8H3. The Morgan fingerprint density at radius 3 is 2.20 bits per heavy atom. The molecular weight excluding hydrogens is 446 g/mol. The van der Waals surface area contributed by atoms with Gasteiger partial charge in [-0.05, 0) is 89.8 Å². The molecule has 1 N–H and O–H groups in total. The van der Waals surface area contributed by atoms with E-state index in [0.717, 1.165) is 11.5 Å². The Morgan fingerprint density at radius 2 is 1.60 bits per heavy atom. The van der Waals surface area contributed by atoms with E-state index in [4.69, 9.17) is 9.73 Å². The Balaban J connectivity index is 1.70. The molecule has 3 aromatic rings. The van der Waals surface area contributed by atoms with Crippen molar-refractivity contribution in [3.8, 4) is 0 Å². The number of ether oxygens (including phenoxy) is 1. The third kappa shape index (κ3) is 3.96. The first-order valence-corrected chi connectivity index (χ1v) is 15.5. The molecule has 0 fully saturated rings. The fraction of sp³-hybridized carbons (Fsp3) is 0.367. The summed E-state index contributed by atoms with van der Waals surface area (Å²) in [6.07, 6.45) is 0. The summed E-state index contributed by atoms with van der Waals surface area (Å²) >= 11 is 0. The van der Waals surface area contributed by atoms with Crippen LogP contribution in [-0.2, 0) is 4.74 Å². The van der Waals surface area contributed by atoms with Gasteiger partial charge < -0.3 is 15.0 Å². The Bertz CT molecular complexity index is 1340. The Kier molecular flexibility index (Phi) is 5.59. The van der Waals surface area contributed by atoms with Crippen molar-refractivity contribution in [2.45, 2.75) is 45.3 Å². The maximum absolute atomic E-state index is 5.94. The summed E-state index contributed by atoms with van der Waals surface area (Å²) in [6.45, 7) is 12.1. The summed E-state index contributed by atoms with van der Waals surface area (Å²) in [5, 5.41) is 6.42. The van der Waals surface area contributed by atoms with E-state index in [0.29, 0.717) is 6.61 Å². The summed E-state index contributed by atoms with van der Waals surface area (Å²) < 4.78 is 5.94. The van der Waals surface area contributed by atoms with Gasteiger partial charge >= 0.3 is 0 Å². The molecule has 2 aliphatic rings. The maximum atomic E-state index is 5.94. The van der Waals surface area contributed by atoms with E-state index >= 15 is 0 Å². The Labute approximate surface area is 211 Å². The highest BCUT2D eigenvalue weighted by Crippen LogP contribution is 2.39. The van der Waals surface area contributed by atoms with Crippen molar-refractivity contribution >= 4 is 35.7 Å². The first-order valence-electron chi connectivity index (χ1n) is 12.5. The number of anilines is 2. The smallest absolute Gasteiger partial charge is 0.216 e. The van der Waals surface area contributed by atoms with Gasteiger partial charge in [-0.15, -0.1) is 0 Å². The van der Waals surface area contributed by atoms with Crippen molar-refractivity contribution in [3.05, 3.63) is 82.4 Å². The molecule has 182 valence electrons. The van der Waals surface area contributed by atoms with Crippen LogP contribution in [0.4, 0.5) is 11.4 Å². The molecule has 2 aliphatic heterocycles. The van der Waals surface area contributed by atoms with Crippen molar-refractivity contribution in [1.82, 2.24) is 0 Å². The molecule has 2 heterocycles. The minimum Gasteiger partial charge on any atom is -0.475 e. The second kappa shape index (κ2) is 8.27. The van der Waals surface area contributed by atoms with E-state index in [1.54, 1.807) is 0 Å². The fourth-order valence-corrected chi connectivity index (χ4v) is 8.85. The third-order valence-corrected chi connectivity index (χ3v) is 11.2. The third-order valence-electron chi connectivity index (χ3n) is 7.66. The van der Waals surface area contributed by atoms with Gasteiger partial charge in [0.1, 0.15) is 14.7 Å². The molecule has 3 aromatic carbocycles. The Hall–Kier alpha value is -3.05. The second-order valence-electron chi connectivity index (χ2n) is 11.4. The summed E-state index contributed by atoms with van der Waals surface area (Å²) in [7, 11) is 4.36. The zero-order valence-electron chi connectivity index (χ0n) is 22.3. The van der Waals surface area contributed by atoms with Gasteiger partial charge in [0.2, 0.25) is 5.90 Å². The van der Waals surface area contributed by atoms with Gasteiger partial charge in [-0.25, -0.2) is 4.99 Å². The number of hydrogen-bond acceptors (Lipinski definition) is 4. The number of rotatable bonds is 4. The van der Waals surface area contributed by atoms with E-state index in [2.05, 4.69) is 113 Å². The number of nitrogens with zero attached hydrogens (tertiary/aromatic N) is 2. The zero-order chi connectivity index (χ0) is 25.1. The summed E-state index contributed by atoms with van der Waals surface area (Å²) in [5.74, 6) is 0.969. The molecule has 1 unspecified atom stereocenters. The average Bonchev–Trinajstić information content (AvgIpc) is 3.19. The van der Waals surface area contributed by atoms with Gasteiger partial charge in [-0.1, -0.05) is 31.3 Å². The van der Waals surface area contributed by atoms with E-state index in [9.17, 15) is 0 Å². The number of aliphatic imine (C=N–C) groups is 1. The van der Waals surface area contributed by atoms with E-state index in [1.807, 2.05) is 7.05 Å². The van der Waals surface area contributed by atoms with E-state index in [1.165, 1.54) is 44.0 Å². The number of aryl methyl sites for hydroxylation is 1. The largest absolute Gasteiger partial charge is 0.475 e. The SMILES string of the molecule is CNc1ccc2c(c1)[Si](C)(C)c1cc(N(C)C)ccc1C2c1ccc(C2=NC(C)(C)CO2)cc1C. The molecule has 0 radical (unpaired) electrons. The van der Waals surface area contributed by atoms with E-state index in [-0.39, 0.29) is 11.5 Å². The number of nitrogens with one attached hydrogen (secondary N) is 1.